The molecule has 1 saturated heterocycles. The van der Waals surface area contributed by atoms with Crippen LogP contribution in [0.4, 0.5) is 5.69 Å². The van der Waals surface area contributed by atoms with Gasteiger partial charge < -0.3 is 14.2 Å². The molecule has 0 spiro atoms. The molecule has 0 aliphatic carbocycles. The van der Waals surface area contributed by atoms with E-state index in [9.17, 15) is 9.59 Å². The zero-order valence-electron chi connectivity index (χ0n) is 15.6. The van der Waals surface area contributed by atoms with Gasteiger partial charge in [-0.3, -0.25) is 9.59 Å². The number of nitrogens with zero attached hydrogens (tertiary/aromatic N) is 4. The molecule has 0 saturated carbocycles. The molecule has 1 aromatic heterocycles. The molecule has 1 aromatic carbocycles. The van der Waals surface area contributed by atoms with Crippen LogP contribution >= 0.6 is 0 Å². The number of anilines is 1. The molecule has 2 amide bonds. The Kier molecular flexibility index (Phi) is 5.06. The standard InChI is InChI=1S/C19H24N4O3/c1-12(2)14-5-7-16(8-6-14)23-10-15(9-18(23)24)19(25)22(4)11-17-21-20-13(3)26-17/h5-8,12,15H,9-11H2,1-4H3/t15-/m1/s1. The Labute approximate surface area is 153 Å². The van der Waals surface area contributed by atoms with Crippen LogP contribution in [0.3, 0.4) is 0 Å². The van der Waals surface area contributed by atoms with Crippen LogP contribution in [-0.4, -0.2) is 40.5 Å². The molecule has 2 heterocycles. The minimum atomic E-state index is -0.360. The lowest BCUT2D eigenvalue weighted by Crippen LogP contribution is -2.34. The fourth-order valence-electron chi connectivity index (χ4n) is 3.16. The Morgan fingerprint density at radius 3 is 2.58 bits per heavy atom. The molecule has 0 bridgehead atoms. The van der Waals surface area contributed by atoms with Gasteiger partial charge in [-0.15, -0.1) is 10.2 Å². The van der Waals surface area contributed by atoms with Gasteiger partial charge in [0, 0.05) is 32.6 Å². The van der Waals surface area contributed by atoms with Gasteiger partial charge in [0.2, 0.25) is 23.6 Å². The monoisotopic (exact) mass is 356 g/mol. The second-order valence-corrected chi connectivity index (χ2v) is 7.06. The molecule has 3 rings (SSSR count). The number of carbonyl (C=O) groups excluding carboxylic acids is 2. The highest BCUT2D eigenvalue weighted by Crippen LogP contribution is 2.28. The van der Waals surface area contributed by atoms with Crippen LogP contribution in [0.1, 0.15) is 43.5 Å². The van der Waals surface area contributed by atoms with Gasteiger partial charge >= 0.3 is 0 Å². The minimum Gasteiger partial charge on any atom is -0.424 e. The number of aromatic nitrogens is 2. The predicted octanol–water partition coefficient (Wildman–Crippen LogP) is 2.51. The van der Waals surface area contributed by atoms with Gasteiger partial charge in [-0.1, -0.05) is 26.0 Å². The van der Waals surface area contributed by atoms with Gasteiger partial charge in [0.15, 0.2) is 0 Å². The molecule has 0 unspecified atom stereocenters. The molecule has 2 aromatic rings. The van der Waals surface area contributed by atoms with Crippen LogP contribution in [0.25, 0.3) is 0 Å². The summed E-state index contributed by atoms with van der Waals surface area (Å²) in [6.45, 7) is 6.60. The number of aryl methyl sites for hydroxylation is 1. The van der Waals surface area contributed by atoms with Crippen molar-refractivity contribution >= 4 is 17.5 Å². The van der Waals surface area contributed by atoms with Crippen molar-refractivity contribution in [2.45, 2.75) is 39.7 Å². The maximum Gasteiger partial charge on any atom is 0.235 e. The summed E-state index contributed by atoms with van der Waals surface area (Å²) in [4.78, 5) is 28.3. The number of rotatable bonds is 5. The molecule has 7 heteroatoms. The highest BCUT2D eigenvalue weighted by molar-refractivity contribution is 6.00. The van der Waals surface area contributed by atoms with Crippen molar-refractivity contribution in [3.63, 3.8) is 0 Å². The summed E-state index contributed by atoms with van der Waals surface area (Å²) in [7, 11) is 1.69. The lowest BCUT2D eigenvalue weighted by Gasteiger charge is -2.20. The van der Waals surface area contributed by atoms with Crippen LogP contribution in [0.5, 0.6) is 0 Å². The highest BCUT2D eigenvalue weighted by Gasteiger charge is 2.36. The molecular formula is C19H24N4O3. The normalized spacial score (nSPS) is 17.2. The van der Waals surface area contributed by atoms with E-state index in [1.165, 1.54) is 10.5 Å². The third-order valence-electron chi connectivity index (χ3n) is 4.66. The average molecular weight is 356 g/mol. The Hall–Kier alpha value is -2.70. The largest absolute Gasteiger partial charge is 0.424 e. The Morgan fingerprint density at radius 1 is 1.31 bits per heavy atom. The third-order valence-corrected chi connectivity index (χ3v) is 4.66. The number of carbonyl (C=O) groups is 2. The van der Waals surface area contributed by atoms with E-state index in [0.717, 1.165) is 5.69 Å². The fourth-order valence-corrected chi connectivity index (χ4v) is 3.16. The molecule has 1 aliphatic heterocycles. The van der Waals surface area contributed by atoms with Crippen molar-refractivity contribution in [1.82, 2.24) is 15.1 Å². The van der Waals surface area contributed by atoms with Gasteiger partial charge in [0.05, 0.1) is 12.5 Å². The molecule has 1 fully saturated rings. The van der Waals surface area contributed by atoms with E-state index in [1.807, 2.05) is 24.3 Å². The van der Waals surface area contributed by atoms with Gasteiger partial charge in [0.25, 0.3) is 0 Å². The SMILES string of the molecule is Cc1nnc(CN(C)C(=O)[C@@H]2CC(=O)N(c3ccc(C(C)C)cc3)C2)o1. The summed E-state index contributed by atoms with van der Waals surface area (Å²) >= 11 is 0. The Balaban J connectivity index is 1.65. The van der Waals surface area contributed by atoms with Crippen LogP contribution < -0.4 is 4.90 Å². The number of hydrogen-bond donors (Lipinski definition) is 0. The molecule has 138 valence electrons. The van der Waals surface area contributed by atoms with E-state index in [2.05, 4.69) is 24.0 Å². The Morgan fingerprint density at radius 2 is 2.00 bits per heavy atom. The summed E-state index contributed by atoms with van der Waals surface area (Å²) in [5.74, 6) is 0.825. The number of hydrogen-bond acceptors (Lipinski definition) is 5. The predicted molar refractivity (Wildman–Crippen MR) is 96.5 cm³/mol. The minimum absolute atomic E-state index is 0.0253. The van der Waals surface area contributed by atoms with Crippen LogP contribution in [0.2, 0.25) is 0 Å². The number of amides is 2. The van der Waals surface area contributed by atoms with Gasteiger partial charge in [-0.25, -0.2) is 0 Å². The van der Waals surface area contributed by atoms with E-state index >= 15 is 0 Å². The third kappa shape index (κ3) is 3.76. The van der Waals surface area contributed by atoms with Crippen LogP contribution in [0.15, 0.2) is 28.7 Å². The lowest BCUT2D eigenvalue weighted by atomic mass is 10.0. The maximum absolute atomic E-state index is 12.7. The van der Waals surface area contributed by atoms with Crippen molar-refractivity contribution in [2.24, 2.45) is 5.92 Å². The highest BCUT2D eigenvalue weighted by atomic mass is 16.4. The van der Waals surface area contributed by atoms with E-state index in [4.69, 9.17) is 4.42 Å². The average Bonchev–Trinajstić information content (AvgIpc) is 3.19. The summed E-state index contributed by atoms with van der Waals surface area (Å²) in [5.41, 5.74) is 2.06. The second-order valence-electron chi connectivity index (χ2n) is 7.06. The van der Waals surface area contributed by atoms with Crippen molar-refractivity contribution in [2.75, 3.05) is 18.5 Å². The molecule has 0 N–H and O–H groups in total. The van der Waals surface area contributed by atoms with Gasteiger partial charge in [-0.05, 0) is 23.6 Å². The molecule has 1 aliphatic rings. The van der Waals surface area contributed by atoms with Crippen LogP contribution in [-0.2, 0) is 16.1 Å². The van der Waals surface area contributed by atoms with E-state index in [-0.39, 0.29) is 30.7 Å². The summed E-state index contributed by atoms with van der Waals surface area (Å²) in [6.07, 6.45) is 0.220. The van der Waals surface area contributed by atoms with Crippen LogP contribution in [0, 0.1) is 12.8 Å². The van der Waals surface area contributed by atoms with E-state index in [1.54, 1.807) is 18.9 Å². The van der Waals surface area contributed by atoms with Crippen molar-refractivity contribution in [3.8, 4) is 0 Å². The first-order chi connectivity index (χ1) is 12.3. The second kappa shape index (κ2) is 7.27. The quantitative estimate of drug-likeness (QED) is 0.822. The lowest BCUT2D eigenvalue weighted by molar-refractivity contribution is -0.135. The topological polar surface area (TPSA) is 79.5 Å². The molecule has 26 heavy (non-hydrogen) atoms. The summed E-state index contributed by atoms with van der Waals surface area (Å²) in [5, 5.41) is 7.67. The first-order valence-corrected chi connectivity index (χ1v) is 8.79. The first-order valence-electron chi connectivity index (χ1n) is 8.79. The fraction of sp³-hybridized carbons (Fsp3) is 0.474. The van der Waals surface area contributed by atoms with Crippen molar-refractivity contribution < 1.29 is 14.0 Å². The maximum atomic E-state index is 12.7. The van der Waals surface area contributed by atoms with E-state index < -0.39 is 0 Å². The van der Waals surface area contributed by atoms with Gasteiger partial charge in [0.1, 0.15) is 0 Å². The van der Waals surface area contributed by atoms with E-state index in [0.29, 0.717) is 24.2 Å². The zero-order valence-corrected chi connectivity index (χ0v) is 15.6. The smallest absolute Gasteiger partial charge is 0.235 e. The number of benzene rings is 1. The molecule has 0 radical (unpaired) electrons. The van der Waals surface area contributed by atoms with Crippen molar-refractivity contribution in [3.05, 3.63) is 41.6 Å². The molecular weight excluding hydrogens is 332 g/mol. The van der Waals surface area contributed by atoms with Crippen molar-refractivity contribution in [1.29, 1.82) is 0 Å². The molecule has 1 atom stereocenters. The first kappa shape index (κ1) is 18.1. The zero-order chi connectivity index (χ0) is 18.8. The summed E-state index contributed by atoms with van der Waals surface area (Å²) < 4.78 is 5.32. The summed E-state index contributed by atoms with van der Waals surface area (Å²) in [6, 6.07) is 7.97. The Bertz CT molecular complexity index is 797. The van der Waals surface area contributed by atoms with Gasteiger partial charge in [-0.2, -0.15) is 0 Å². The molecule has 7 nitrogen and oxygen atoms in total.